The average molecular weight is 462 g/mol. The quantitative estimate of drug-likeness (QED) is 0.419. The maximum atomic E-state index is 12.6. The zero-order valence-corrected chi connectivity index (χ0v) is 18.0. The van der Waals surface area contributed by atoms with E-state index in [2.05, 4.69) is 0 Å². The standard InChI is InChI=1S/C17H23N3O8S2/c1-18(13-6-9-29(24,25)12-13)17(21)11-28-16-5-4-14(10-15(16)20(22)23)30(26,27)19-7-2-3-8-19/h4-5,10,13H,2-3,6-9,11-12H2,1H3/t13-/m0/s1. The first-order valence-corrected chi connectivity index (χ1v) is 12.6. The van der Waals surface area contributed by atoms with Crippen LogP contribution in [0.25, 0.3) is 0 Å². The van der Waals surface area contributed by atoms with E-state index in [9.17, 15) is 31.7 Å². The molecule has 0 aromatic heterocycles. The third-order valence-electron chi connectivity index (χ3n) is 5.33. The molecule has 30 heavy (non-hydrogen) atoms. The van der Waals surface area contributed by atoms with Gasteiger partial charge in [0.25, 0.3) is 5.91 Å². The van der Waals surface area contributed by atoms with E-state index in [1.807, 2.05) is 0 Å². The van der Waals surface area contributed by atoms with E-state index in [0.29, 0.717) is 19.5 Å². The lowest BCUT2D eigenvalue weighted by molar-refractivity contribution is -0.386. The van der Waals surface area contributed by atoms with Crippen LogP contribution in [0.2, 0.25) is 0 Å². The number of sulfonamides is 1. The smallest absolute Gasteiger partial charge is 0.312 e. The van der Waals surface area contributed by atoms with Gasteiger partial charge in [-0.2, -0.15) is 4.31 Å². The molecule has 11 nitrogen and oxygen atoms in total. The summed E-state index contributed by atoms with van der Waals surface area (Å²) in [5.74, 6) is -0.881. The molecule has 2 aliphatic heterocycles. The van der Waals surface area contributed by atoms with Crippen molar-refractivity contribution in [2.45, 2.75) is 30.2 Å². The van der Waals surface area contributed by atoms with Crippen molar-refractivity contribution in [1.82, 2.24) is 9.21 Å². The van der Waals surface area contributed by atoms with Crippen molar-refractivity contribution in [1.29, 1.82) is 0 Å². The van der Waals surface area contributed by atoms with Gasteiger partial charge in [-0.3, -0.25) is 14.9 Å². The van der Waals surface area contributed by atoms with E-state index in [0.717, 1.165) is 25.0 Å². The monoisotopic (exact) mass is 461 g/mol. The van der Waals surface area contributed by atoms with Crippen molar-refractivity contribution in [2.75, 3.05) is 38.2 Å². The predicted molar refractivity (Wildman–Crippen MR) is 106 cm³/mol. The molecule has 2 heterocycles. The fourth-order valence-corrected chi connectivity index (χ4v) is 6.84. The zero-order chi connectivity index (χ0) is 22.1. The molecule has 1 aromatic rings. The van der Waals surface area contributed by atoms with Crippen LogP contribution in [-0.2, 0) is 24.7 Å². The molecule has 1 atom stereocenters. The number of sulfone groups is 1. The highest BCUT2D eigenvalue weighted by Crippen LogP contribution is 2.32. The van der Waals surface area contributed by atoms with Crippen LogP contribution in [0.3, 0.4) is 0 Å². The molecule has 0 bridgehead atoms. The van der Waals surface area contributed by atoms with Crippen molar-refractivity contribution >= 4 is 31.5 Å². The Morgan fingerprint density at radius 3 is 2.57 bits per heavy atom. The number of nitro benzene ring substituents is 1. The summed E-state index contributed by atoms with van der Waals surface area (Å²) >= 11 is 0. The van der Waals surface area contributed by atoms with Gasteiger partial charge in [0.2, 0.25) is 10.0 Å². The second-order valence-corrected chi connectivity index (χ2v) is 11.5. The number of carbonyl (C=O) groups excluding carboxylic acids is 1. The Kier molecular flexibility index (Phi) is 6.34. The lowest BCUT2D eigenvalue weighted by Gasteiger charge is -2.23. The summed E-state index contributed by atoms with van der Waals surface area (Å²) in [6, 6.07) is 2.84. The van der Waals surface area contributed by atoms with Crippen LogP contribution in [0.5, 0.6) is 5.75 Å². The van der Waals surface area contributed by atoms with Crippen LogP contribution in [0.4, 0.5) is 5.69 Å². The van der Waals surface area contributed by atoms with Crippen LogP contribution in [0, 0.1) is 10.1 Å². The van der Waals surface area contributed by atoms with Gasteiger partial charge >= 0.3 is 5.69 Å². The van der Waals surface area contributed by atoms with Gasteiger partial charge in [-0.25, -0.2) is 16.8 Å². The number of rotatable bonds is 7. The summed E-state index contributed by atoms with van der Waals surface area (Å²) in [6.45, 7) is 0.199. The lowest BCUT2D eigenvalue weighted by Crippen LogP contribution is -2.40. The molecule has 2 saturated heterocycles. The van der Waals surface area contributed by atoms with Crippen molar-refractivity contribution < 1.29 is 31.3 Å². The Bertz CT molecular complexity index is 1050. The molecule has 1 aromatic carbocycles. The fraction of sp³-hybridized carbons (Fsp3) is 0.588. The zero-order valence-electron chi connectivity index (χ0n) is 16.4. The van der Waals surface area contributed by atoms with E-state index >= 15 is 0 Å². The SMILES string of the molecule is CN(C(=O)COc1ccc(S(=O)(=O)N2CCCC2)cc1[N+](=O)[O-])[C@H]1CCS(=O)(=O)C1. The molecule has 0 spiro atoms. The van der Waals surface area contributed by atoms with Crippen molar-refractivity contribution in [3.05, 3.63) is 28.3 Å². The topological polar surface area (TPSA) is 144 Å². The first kappa shape index (κ1) is 22.4. The molecule has 3 rings (SSSR count). The second kappa shape index (κ2) is 8.47. The second-order valence-electron chi connectivity index (χ2n) is 7.35. The highest BCUT2D eigenvalue weighted by molar-refractivity contribution is 7.91. The van der Waals surface area contributed by atoms with Gasteiger partial charge in [-0.05, 0) is 31.4 Å². The molecule has 2 fully saturated rings. The first-order valence-electron chi connectivity index (χ1n) is 9.39. The maximum absolute atomic E-state index is 12.6. The molecular formula is C17H23N3O8S2. The largest absolute Gasteiger partial charge is 0.477 e. The van der Waals surface area contributed by atoms with Gasteiger partial charge in [-0.15, -0.1) is 0 Å². The van der Waals surface area contributed by atoms with Crippen LogP contribution < -0.4 is 4.74 Å². The van der Waals surface area contributed by atoms with E-state index in [1.165, 1.54) is 22.3 Å². The molecule has 0 saturated carbocycles. The minimum atomic E-state index is -3.84. The molecule has 1 amide bonds. The molecule has 13 heteroatoms. The Morgan fingerprint density at radius 2 is 2.00 bits per heavy atom. The van der Waals surface area contributed by atoms with E-state index < -0.39 is 49.0 Å². The Morgan fingerprint density at radius 1 is 1.33 bits per heavy atom. The number of amides is 1. The normalized spacial score (nSPS) is 21.4. The van der Waals surface area contributed by atoms with Gasteiger partial charge in [0, 0.05) is 32.2 Å². The molecule has 166 valence electrons. The van der Waals surface area contributed by atoms with Gasteiger partial charge in [0.05, 0.1) is 21.3 Å². The third kappa shape index (κ3) is 4.73. The van der Waals surface area contributed by atoms with Gasteiger partial charge in [0.1, 0.15) is 0 Å². The average Bonchev–Trinajstić information content (AvgIpc) is 3.35. The third-order valence-corrected chi connectivity index (χ3v) is 8.98. The number of benzene rings is 1. The van der Waals surface area contributed by atoms with Crippen molar-refractivity contribution in [3.8, 4) is 5.75 Å². The van der Waals surface area contributed by atoms with Crippen molar-refractivity contribution in [2.24, 2.45) is 0 Å². The highest BCUT2D eigenvalue weighted by atomic mass is 32.2. The minimum Gasteiger partial charge on any atom is -0.477 e. The Hall–Kier alpha value is -2.25. The van der Waals surface area contributed by atoms with E-state index in [1.54, 1.807) is 0 Å². The summed E-state index contributed by atoms with van der Waals surface area (Å²) in [6.07, 6.45) is 1.80. The lowest BCUT2D eigenvalue weighted by atomic mass is 10.2. The predicted octanol–water partition coefficient (Wildman–Crippen LogP) is 0.404. The summed E-state index contributed by atoms with van der Waals surface area (Å²) in [7, 11) is -5.55. The Labute approximate surface area is 174 Å². The van der Waals surface area contributed by atoms with E-state index in [4.69, 9.17) is 4.74 Å². The molecule has 0 unspecified atom stereocenters. The summed E-state index contributed by atoms with van der Waals surface area (Å²) in [4.78, 5) is 24.1. The number of nitrogens with zero attached hydrogens (tertiary/aromatic N) is 3. The number of hydrogen-bond donors (Lipinski definition) is 0. The number of hydrogen-bond acceptors (Lipinski definition) is 8. The highest BCUT2D eigenvalue weighted by Gasteiger charge is 2.33. The summed E-state index contributed by atoms with van der Waals surface area (Å²) in [5, 5.41) is 11.4. The summed E-state index contributed by atoms with van der Waals surface area (Å²) in [5.41, 5.74) is -0.561. The van der Waals surface area contributed by atoms with Crippen molar-refractivity contribution in [3.63, 3.8) is 0 Å². The minimum absolute atomic E-state index is 0.00850. The number of ether oxygens (including phenoxy) is 1. The molecule has 0 aliphatic carbocycles. The van der Waals surface area contributed by atoms with Gasteiger partial charge in [0.15, 0.2) is 22.2 Å². The maximum Gasteiger partial charge on any atom is 0.312 e. The van der Waals surface area contributed by atoms with E-state index in [-0.39, 0.29) is 22.2 Å². The molecular weight excluding hydrogens is 438 g/mol. The van der Waals surface area contributed by atoms with Crippen LogP contribution in [0.1, 0.15) is 19.3 Å². The van der Waals surface area contributed by atoms with Crippen LogP contribution in [0.15, 0.2) is 23.1 Å². The fourth-order valence-electron chi connectivity index (χ4n) is 3.53. The first-order chi connectivity index (χ1) is 14.0. The Balaban J connectivity index is 1.73. The number of carbonyl (C=O) groups is 1. The summed E-state index contributed by atoms with van der Waals surface area (Å²) < 4.78 is 55.0. The van der Waals surface area contributed by atoms with Crippen LogP contribution in [-0.4, -0.2) is 81.2 Å². The van der Waals surface area contributed by atoms with Gasteiger partial charge in [-0.1, -0.05) is 0 Å². The van der Waals surface area contributed by atoms with Crippen LogP contribution >= 0.6 is 0 Å². The van der Waals surface area contributed by atoms with Gasteiger partial charge < -0.3 is 9.64 Å². The molecule has 2 aliphatic rings. The number of nitro groups is 1. The number of likely N-dealkylation sites (N-methyl/N-ethyl adjacent to an activating group) is 1. The molecule has 0 radical (unpaired) electrons. The molecule has 0 N–H and O–H groups in total.